The van der Waals surface area contributed by atoms with Crippen LogP contribution in [0.2, 0.25) is 0 Å². The zero-order chi connectivity index (χ0) is 27.7. The molecule has 0 saturated heterocycles. The molecule has 1 aliphatic rings. The summed E-state index contributed by atoms with van der Waals surface area (Å²) in [6, 6.07) is 12.3. The number of esters is 1. The molecule has 0 saturated carbocycles. The average Bonchev–Trinajstić information content (AvgIpc) is 2.87. The van der Waals surface area contributed by atoms with Crippen LogP contribution in [0.5, 0.6) is 17.2 Å². The molecule has 200 valence electrons. The van der Waals surface area contributed by atoms with Crippen LogP contribution in [0, 0.1) is 18.2 Å². The van der Waals surface area contributed by atoms with Gasteiger partial charge in [-0.1, -0.05) is 19.9 Å². The van der Waals surface area contributed by atoms with Crippen LogP contribution in [0.3, 0.4) is 0 Å². The lowest BCUT2D eigenvalue weighted by Gasteiger charge is -2.46. The first-order valence-corrected chi connectivity index (χ1v) is 12.3. The second-order valence-corrected chi connectivity index (χ2v) is 10.4. The third-order valence-electron chi connectivity index (χ3n) is 6.88. The third-order valence-corrected chi connectivity index (χ3v) is 6.88. The Morgan fingerprint density at radius 3 is 2.58 bits per heavy atom. The molecule has 0 aliphatic heterocycles. The number of pyridine rings is 1. The molecule has 0 radical (unpaired) electrons. The second-order valence-electron chi connectivity index (χ2n) is 10.4. The second kappa shape index (κ2) is 10.6. The van der Waals surface area contributed by atoms with Gasteiger partial charge in [-0.05, 0) is 67.2 Å². The maximum Gasteiger partial charge on any atom is 0.345 e. The third kappa shape index (κ3) is 5.56. The molecular weight excluding hydrogens is 489 g/mol. The van der Waals surface area contributed by atoms with Crippen LogP contribution >= 0.6 is 0 Å². The van der Waals surface area contributed by atoms with Crippen molar-refractivity contribution in [1.29, 1.82) is 0 Å². The van der Waals surface area contributed by atoms with Crippen LogP contribution in [0.15, 0.2) is 66.5 Å². The Morgan fingerprint density at radius 2 is 1.89 bits per heavy atom. The summed E-state index contributed by atoms with van der Waals surface area (Å²) in [5.74, 6) is -0.0902. The van der Waals surface area contributed by atoms with Crippen molar-refractivity contribution in [2.24, 2.45) is 5.41 Å². The number of nitrogens with zero attached hydrogens (tertiary/aromatic N) is 1. The number of halogens is 1. The molecule has 2 unspecified atom stereocenters. The summed E-state index contributed by atoms with van der Waals surface area (Å²) in [6.07, 6.45) is 2.26. The molecule has 0 fully saturated rings. The molecule has 2 N–H and O–H groups in total. The fraction of sp³-hybridized carbons (Fsp3) is 0.333. The number of hydrogen-bond acceptors (Lipinski definition) is 7. The summed E-state index contributed by atoms with van der Waals surface area (Å²) < 4.78 is 31.0. The van der Waals surface area contributed by atoms with E-state index < -0.39 is 28.9 Å². The number of rotatable bonds is 7. The molecule has 7 nitrogen and oxygen atoms in total. The van der Waals surface area contributed by atoms with Crippen molar-refractivity contribution in [3.05, 3.63) is 89.0 Å². The van der Waals surface area contributed by atoms with E-state index in [2.05, 4.69) is 4.98 Å². The predicted octanol–water partition coefficient (Wildman–Crippen LogP) is 5.13. The summed E-state index contributed by atoms with van der Waals surface area (Å²) in [5.41, 5.74) is 0.425. The van der Waals surface area contributed by atoms with Crippen molar-refractivity contribution in [1.82, 2.24) is 4.98 Å². The molecule has 3 aromatic rings. The molecule has 1 aliphatic carbocycles. The zero-order valence-corrected chi connectivity index (χ0v) is 22.1. The minimum atomic E-state index is -1.34. The summed E-state index contributed by atoms with van der Waals surface area (Å²) >= 11 is 0. The van der Waals surface area contributed by atoms with Gasteiger partial charge in [0.05, 0.1) is 24.4 Å². The SMILES string of the molecule is COc1cc(OC(=O)c2cccnc2)ccc1C1=C(COc2cc(F)ccc2C)C(C)(O)CC(C)(C)C1O. The van der Waals surface area contributed by atoms with Crippen molar-refractivity contribution in [3.63, 3.8) is 0 Å². The standard InChI is InChI=1S/C30H32FNO6/c1-18-8-9-20(31)13-24(18)37-16-23-26(27(33)29(2,3)17-30(23,4)35)22-11-10-21(14-25(22)36-5)38-28(34)19-7-6-12-32-15-19/h6-15,27,33,35H,16-17H2,1-5H3. The van der Waals surface area contributed by atoms with E-state index in [9.17, 15) is 19.4 Å². The van der Waals surface area contributed by atoms with Crippen LogP contribution in [-0.4, -0.2) is 46.6 Å². The number of aromatic nitrogens is 1. The van der Waals surface area contributed by atoms with Gasteiger partial charge in [-0.25, -0.2) is 9.18 Å². The molecule has 2 aromatic carbocycles. The highest BCUT2D eigenvalue weighted by Gasteiger charge is 2.47. The summed E-state index contributed by atoms with van der Waals surface area (Å²) in [5, 5.41) is 23.0. The predicted molar refractivity (Wildman–Crippen MR) is 141 cm³/mol. The first kappa shape index (κ1) is 27.3. The van der Waals surface area contributed by atoms with Crippen molar-refractivity contribution in [2.45, 2.75) is 45.8 Å². The fourth-order valence-corrected chi connectivity index (χ4v) is 4.97. The first-order valence-electron chi connectivity index (χ1n) is 12.3. The monoisotopic (exact) mass is 521 g/mol. The molecule has 0 amide bonds. The Balaban J connectivity index is 1.76. The molecular formula is C30H32FNO6. The van der Waals surface area contributed by atoms with E-state index >= 15 is 0 Å². The van der Waals surface area contributed by atoms with E-state index in [4.69, 9.17) is 14.2 Å². The van der Waals surface area contributed by atoms with E-state index in [0.29, 0.717) is 33.8 Å². The highest BCUT2D eigenvalue weighted by molar-refractivity contribution is 5.91. The molecule has 8 heteroatoms. The number of aryl methyl sites for hydroxylation is 1. The maximum atomic E-state index is 13.9. The van der Waals surface area contributed by atoms with Crippen molar-refractivity contribution in [3.8, 4) is 17.2 Å². The van der Waals surface area contributed by atoms with Gasteiger partial charge >= 0.3 is 5.97 Å². The lowest BCUT2D eigenvalue weighted by molar-refractivity contribution is -0.0159. The van der Waals surface area contributed by atoms with Gasteiger partial charge in [0.15, 0.2) is 0 Å². The number of benzene rings is 2. The number of hydrogen-bond donors (Lipinski definition) is 2. The summed E-state index contributed by atoms with van der Waals surface area (Å²) in [7, 11) is 1.47. The quantitative estimate of drug-likeness (QED) is 0.329. The number of aliphatic hydroxyl groups excluding tert-OH is 1. The molecule has 0 spiro atoms. The Morgan fingerprint density at radius 1 is 1.13 bits per heavy atom. The average molecular weight is 522 g/mol. The zero-order valence-electron chi connectivity index (χ0n) is 22.1. The minimum absolute atomic E-state index is 0.0827. The van der Waals surface area contributed by atoms with Gasteiger partial charge in [-0.2, -0.15) is 0 Å². The highest BCUT2D eigenvalue weighted by atomic mass is 19.1. The van der Waals surface area contributed by atoms with E-state index in [1.807, 2.05) is 13.8 Å². The lowest BCUT2D eigenvalue weighted by Crippen LogP contribution is -2.47. The number of methoxy groups -OCH3 is 1. The normalized spacial score (nSPS) is 20.7. The van der Waals surface area contributed by atoms with Crippen LogP contribution in [-0.2, 0) is 0 Å². The Labute approximate surface area is 221 Å². The van der Waals surface area contributed by atoms with Crippen LogP contribution in [0.1, 0.15) is 48.7 Å². The highest BCUT2D eigenvalue weighted by Crippen LogP contribution is 2.50. The fourth-order valence-electron chi connectivity index (χ4n) is 4.97. The van der Waals surface area contributed by atoms with Gasteiger partial charge in [-0.3, -0.25) is 4.98 Å². The Kier molecular flexibility index (Phi) is 7.58. The lowest BCUT2D eigenvalue weighted by atomic mass is 9.64. The smallest absolute Gasteiger partial charge is 0.345 e. The first-order chi connectivity index (χ1) is 17.9. The van der Waals surface area contributed by atoms with Crippen molar-refractivity contribution >= 4 is 11.5 Å². The number of carbonyl (C=O) groups excluding carboxylic acids is 1. The minimum Gasteiger partial charge on any atom is -0.496 e. The van der Waals surface area contributed by atoms with Crippen LogP contribution in [0.25, 0.3) is 5.57 Å². The van der Waals surface area contributed by atoms with Crippen LogP contribution < -0.4 is 14.2 Å². The van der Waals surface area contributed by atoms with Gasteiger partial charge in [0, 0.05) is 35.7 Å². The molecule has 0 bridgehead atoms. The number of ether oxygens (including phenoxy) is 3. The van der Waals surface area contributed by atoms with Crippen LogP contribution in [0.4, 0.5) is 4.39 Å². The van der Waals surface area contributed by atoms with Gasteiger partial charge in [-0.15, -0.1) is 0 Å². The van der Waals surface area contributed by atoms with E-state index in [0.717, 1.165) is 5.56 Å². The topological polar surface area (TPSA) is 98.1 Å². The maximum absolute atomic E-state index is 13.9. The summed E-state index contributed by atoms with van der Waals surface area (Å²) in [6.45, 7) is 7.14. The number of aliphatic hydroxyl groups is 2. The van der Waals surface area contributed by atoms with Crippen molar-refractivity contribution < 1.29 is 33.6 Å². The molecule has 1 heterocycles. The molecule has 2 atom stereocenters. The Bertz CT molecular complexity index is 1370. The van der Waals surface area contributed by atoms with Gasteiger partial charge in [0.25, 0.3) is 0 Å². The molecule has 38 heavy (non-hydrogen) atoms. The van der Waals surface area contributed by atoms with Gasteiger partial charge in [0.2, 0.25) is 0 Å². The number of carbonyl (C=O) groups is 1. The van der Waals surface area contributed by atoms with E-state index in [1.54, 1.807) is 56.4 Å². The molecule has 1 aromatic heterocycles. The largest absolute Gasteiger partial charge is 0.496 e. The Hall–Kier alpha value is -3.75. The van der Waals surface area contributed by atoms with Gasteiger partial charge < -0.3 is 24.4 Å². The molecule has 4 rings (SSSR count). The van der Waals surface area contributed by atoms with E-state index in [-0.39, 0.29) is 18.8 Å². The van der Waals surface area contributed by atoms with E-state index in [1.165, 1.54) is 25.4 Å². The van der Waals surface area contributed by atoms with Crippen molar-refractivity contribution in [2.75, 3.05) is 13.7 Å². The van der Waals surface area contributed by atoms with Gasteiger partial charge in [0.1, 0.15) is 29.7 Å². The summed E-state index contributed by atoms with van der Waals surface area (Å²) in [4.78, 5) is 16.5.